The average Bonchev–Trinajstić information content (AvgIpc) is 3.00. The number of aromatic amines is 1. The Labute approximate surface area is 168 Å². The number of carbonyl (C=O) groups is 1. The molecule has 2 aromatic heterocycles. The van der Waals surface area contributed by atoms with Crippen LogP contribution in [0, 0.1) is 13.8 Å². The Hall–Kier alpha value is -2.51. The lowest BCUT2D eigenvalue weighted by Gasteiger charge is -2.21. The number of fused-ring (bicyclic) bond motifs is 1. The molecule has 0 radical (unpaired) electrons. The molecule has 0 fully saturated rings. The number of nitrogens with one attached hydrogen (secondary N) is 2. The number of benzene rings is 1. The van der Waals surface area contributed by atoms with Gasteiger partial charge in [-0.3, -0.25) is 4.79 Å². The summed E-state index contributed by atoms with van der Waals surface area (Å²) in [5, 5.41) is 0.472. The number of ether oxygens (including phenoxy) is 1. The third kappa shape index (κ3) is 4.00. The molecule has 0 amide bonds. The van der Waals surface area contributed by atoms with Gasteiger partial charge in [-0.05, 0) is 33.3 Å². The lowest BCUT2D eigenvalue weighted by molar-refractivity contribution is -0.924. The number of aromatic nitrogens is 2. The zero-order chi connectivity index (χ0) is 20.4. The third-order valence-corrected chi connectivity index (χ3v) is 6.20. The third-order valence-electron chi connectivity index (χ3n) is 5.03. The Morgan fingerprint density at radius 1 is 1.29 bits per heavy atom. The smallest absolute Gasteiger partial charge is 0.348 e. The number of quaternary nitrogens is 1. The first-order valence-electron chi connectivity index (χ1n) is 9.40. The second kappa shape index (κ2) is 8.24. The lowest BCUT2D eigenvalue weighted by Crippen LogP contribution is -3.07. The van der Waals surface area contributed by atoms with E-state index >= 15 is 0 Å². The van der Waals surface area contributed by atoms with Crippen molar-refractivity contribution in [3.8, 4) is 0 Å². The molecule has 148 valence electrons. The lowest BCUT2D eigenvalue weighted by atomic mass is 10.1. The number of rotatable bonds is 6. The molecule has 1 unspecified atom stereocenters. The molecule has 0 spiro atoms. The number of hydrogen-bond acceptors (Lipinski definition) is 5. The standard InChI is InChI=1S/C21H25N3O3S/c1-6-27-21(26)17-13(3)16-19(25)22-18(23-20(16)28-17)14(4)24(5)11-15-9-7-12(2)8-10-15/h7-10,14H,6,11H2,1-5H3,(H,22,23,25)/p+1/t14-/m0/s1. The van der Waals surface area contributed by atoms with Crippen molar-refractivity contribution in [3.05, 3.63) is 62.0 Å². The first kappa shape index (κ1) is 20.2. The summed E-state index contributed by atoms with van der Waals surface area (Å²) >= 11 is 1.22. The zero-order valence-corrected chi connectivity index (χ0v) is 17.7. The summed E-state index contributed by atoms with van der Waals surface area (Å²) < 4.78 is 5.10. The fourth-order valence-electron chi connectivity index (χ4n) is 3.17. The van der Waals surface area contributed by atoms with Gasteiger partial charge in [-0.25, -0.2) is 9.78 Å². The van der Waals surface area contributed by atoms with Gasteiger partial charge >= 0.3 is 5.97 Å². The van der Waals surface area contributed by atoms with Crippen molar-refractivity contribution in [1.82, 2.24) is 9.97 Å². The largest absolute Gasteiger partial charge is 0.462 e. The summed E-state index contributed by atoms with van der Waals surface area (Å²) in [5.74, 6) is 0.220. The van der Waals surface area contributed by atoms with Gasteiger partial charge in [-0.15, -0.1) is 11.3 Å². The van der Waals surface area contributed by atoms with E-state index in [1.54, 1.807) is 13.8 Å². The van der Waals surface area contributed by atoms with Crippen molar-refractivity contribution in [2.45, 2.75) is 40.3 Å². The number of esters is 1. The van der Waals surface area contributed by atoms with Crippen LogP contribution in [0.5, 0.6) is 0 Å². The second-order valence-electron chi connectivity index (χ2n) is 7.14. The number of hydrogen-bond donors (Lipinski definition) is 2. The summed E-state index contributed by atoms with van der Waals surface area (Å²) in [6, 6.07) is 8.44. The van der Waals surface area contributed by atoms with Gasteiger partial charge in [0.25, 0.3) is 5.56 Å². The maximum atomic E-state index is 12.7. The minimum Gasteiger partial charge on any atom is -0.462 e. The molecule has 0 aliphatic rings. The molecule has 0 saturated heterocycles. The number of aryl methyl sites for hydroxylation is 2. The van der Waals surface area contributed by atoms with E-state index in [1.165, 1.54) is 27.4 Å². The van der Waals surface area contributed by atoms with Crippen LogP contribution in [0.4, 0.5) is 0 Å². The van der Waals surface area contributed by atoms with E-state index in [9.17, 15) is 9.59 Å². The Balaban J connectivity index is 1.91. The van der Waals surface area contributed by atoms with E-state index in [0.29, 0.717) is 33.1 Å². The first-order chi connectivity index (χ1) is 13.3. The molecule has 2 heterocycles. The van der Waals surface area contributed by atoms with Crippen molar-refractivity contribution in [3.63, 3.8) is 0 Å². The van der Waals surface area contributed by atoms with Gasteiger partial charge in [0.1, 0.15) is 22.3 Å². The SMILES string of the molecule is CCOC(=O)c1sc2nc([C@H](C)[NH+](C)Cc3ccc(C)cc3)[nH]c(=O)c2c1C. The molecule has 2 atom stereocenters. The maximum absolute atomic E-state index is 12.7. The number of nitrogens with zero attached hydrogens (tertiary/aromatic N) is 1. The quantitative estimate of drug-likeness (QED) is 0.624. The van der Waals surface area contributed by atoms with Gasteiger partial charge in [0, 0.05) is 5.56 Å². The molecule has 0 aliphatic carbocycles. The van der Waals surface area contributed by atoms with E-state index in [1.807, 2.05) is 6.92 Å². The summed E-state index contributed by atoms with van der Waals surface area (Å²) in [5.41, 5.74) is 2.89. The van der Waals surface area contributed by atoms with E-state index in [0.717, 1.165) is 6.54 Å². The van der Waals surface area contributed by atoms with E-state index in [-0.39, 0.29) is 11.6 Å². The number of H-pyrrole nitrogens is 1. The predicted molar refractivity (Wildman–Crippen MR) is 111 cm³/mol. The zero-order valence-electron chi connectivity index (χ0n) is 16.9. The highest BCUT2D eigenvalue weighted by atomic mass is 32.1. The number of thiophene rings is 1. The number of carbonyl (C=O) groups excluding carboxylic acids is 1. The Morgan fingerprint density at radius 3 is 2.61 bits per heavy atom. The second-order valence-corrected chi connectivity index (χ2v) is 8.14. The Kier molecular flexibility index (Phi) is 5.96. The maximum Gasteiger partial charge on any atom is 0.348 e. The molecule has 7 heteroatoms. The fraction of sp³-hybridized carbons (Fsp3) is 0.381. The van der Waals surface area contributed by atoms with Crippen molar-refractivity contribution in [1.29, 1.82) is 0 Å². The minimum absolute atomic E-state index is 0.00754. The van der Waals surface area contributed by atoms with Crippen molar-refractivity contribution >= 4 is 27.5 Å². The van der Waals surface area contributed by atoms with Crippen molar-refractivity contribution < 1.29 is 14.4 Å². The van der Waals surface area contributed by atoms with Gasteiger partial charge in [-0.1, -0.05) is 29.8 Å². The molecule has 3 aromatic rings. The fourth-order valence-corrected chi connectivity index (χ4v) is 4.25. The van der Waals surface area contributed by atoms with Gasteiger partial charge in [0.15, 0.2) is 5.82 Å². The van der Waals surface area contributed by atoms with Crippen molar-refractivity contribution in [2.75, 3.05) is 13.7 Å². The van der Waals surface area contributed by atoms with Crippen LogP contribution in [-0.2, 0) is 11.3 Å². The summed E-state index contributed by atoms with van der Waals surface area (Å²) in [7, 11) is 2.08. The van der Waals surface area contributed by atoms with E-state index in [4.69, 9.17) is 4.74 Å². The van der Waals surface area contributed by atoms with E-state index < -0.39 is 5.97 Å². The van der Waals surface area contributed by atoms with Crippen LogP contribution in [0.2, 0.25) is 0 Å². The Bertz CT molecular complexity index is 1050. The van der Waals surface area contributed by atoms with E-state index in [2.05, 4.69) is 48.2 Å². The Morgan fingerprint density at radius 2 is 1.96 bits per heavy atom. The van der Waals surface area contributed by atoms with Gasteiger partial charge in [0.2, 0.25) is 0 Å². The highest BCUT2D eigenvalue weighted by Crippen LogP contribution is 2.28. The highest BCUT2D eigenvalue weighted by molar-refractivity contribution is 7.20. The normalized spacial score (nSPS) is 13.5. The molecule has 3 rings (SSSR count). The highest BCUT2D eigenvalue weighted by Gasteiger charge is 2.24. The molecule has 1 aromatic carbocycles. The molecule has 0 aliphatic heterocycles. The van der Waals surface area contributed by atoms with Crippen molar-refractivity contribution in [2.24, 2.45) is 0 Å². The van der Waals surface area contributed by atoms with Crippen LogP contribution in [0.15, 0.2) is 29.1 Å². The monoisotopic (exact) mass is 400 g/mol. The summed E-state index contributed by atoms with van der Waals surface area (Å²) in [6.07, 6.45) is 0. The van der Waals surface area contributed by atoms with Crippen LogP contribution in [0.3, 0.4) is 0 Å². The molecule has 2 N–H and O–H groups in total. The van der Waals surface area contributed by atoms with Gasteiger partial charge in [0.05, 0.1) is 19.0 Å². The van der Waals surface area contributed by atoms with Crippen LogP contribution in [0.1, 0.15) is 52.1 Å². The summed E-state index contributed by atoms with van der Waals surface area (Å²) in [6.45, 7) is 8.76. The van der Waals surface area contributed by atoms with Gasteiger partial charge in [-0.2, -0.15) is 0 Å². The van der Waals surface area contributed by atoms with Crippen LogP contribution >= 0.6 is 11.3 Å². The predicted octanol–water partition coefficient (Wildman–Crippen LogP) is 2.55. The topological polar surface area (TPSA) is 76.5 Å². The van der Waals surface area contributed by atoms with Crippen LogP contribution in [0.25, 0.3) is 10.2 Å². The molecular formula is C21H26N3O3S+. The van der Waals surface area contributed by atoms with Gasteiger partial charge < -0.3 is 14.6 Å². The summed E-state index contributed by atoms with van der Waals surface area (Å²) in [4.78, 5) is 34.7. The van der Waals surface area contributed by atoms with Crippen LogP contribution < -0.4 is 10.5 Å². The first-order valence-corrected chi connectivity index (χ1v) is 10.2. The average molecular weight is 401 g/mol. The minimum atomic E-state index is -0.404. The molecule has 0 bridgehead atoms. The molecular weight excluding hydrogens is 374 g/mol. The molecule has 28 heavy (non-hydrogen) atoms. The molecule has 0 saturated carbocycles. The molecule has 6 nitrogen and oxygen atoms in total. The van der Waals surface area contributed by atoms with Crippen LogP contribution in [-0.4, -0.2) is 29.6 Å².